The predicted molar refractivity (Wildman–Crippen MR) is 130 cm³/mol. The first-order valence-electron chi connectivity index (χ1n) is 11.5. The van der Waals surface area contributed by atoms with Gasteiger partial charge < -0.3 is 20.3 Å². The Balaban J connectivity index is 1.19. The number of anilines is 4. The molecule has 2 unspecified atom stereocenters. The highest BCUT2D eigenvalue weighted by Gasteiger charge is 2.41. The van der Waals surface area contributed by atoms with Crippen LogP contribution in [0.25, 0.3) is 11.3 Å². The number of rotatable bonds is 4. The second kappa shape index (κ2) is 7.66. The maximum absolute atomic E-state index is 12.1. The largest absolute Gasteiger partial charge is 0.474 e. The lowest BCUT2D eigenvalue weighted by atomic mass is 10.1. The molecule has 9 heteroatoms. The highest BCUT2D eigenvalue weighted by molar-refractivity contribution is 5.99. The van der Waals surface area contributed by atoms with E-state index in [4.69, 9.17) is 4.74 Å². The van der Waals surface area contributed by atoms with Crippen molar-refractivity contribution in [1.82, 2.24) is 19.9 Å². The second-order valence-corrected chi connectivity index (χ2v) is 9.71. The summed E-state index contributed by atoms with van der Waals surface area (Å²) >= 11 is 0. The van der Waals surface area contributed by atoms with E-state index in [0.29, 0.717) is 35.3 Å². The number of hydrogen-bond donors (Lipinski definition) is 2. The number of likely N-dealkylation sites (tertiary alicyclic amines) is 1. The lowest BCUT2D eigenvalue weighted by molar-refractivity contribution is -0.129. The number of pyridine rings is 1. The van der Waals surface area contributed by atoms with E-state index in [1.807, 2.05) is 12.1 Å². The average molecular weight is 458 g/mol. The Hall–Kier alpha value is -3.72. The van der Waals surface area contributed by atoms with Gasteiger partial charge in [0.1, 0.15) is 0 Å². The zero-order valence-corrected chi connectivity index (χ0v) is 19.4. The van der Waals surface area contributed by atoms with Gasteiger partial charge in [-0.05, 0) is 63.7 Å². The van der Waals surface area contributed by atoms with Crippen LogP contribution < -0.4 is 20.3 Å². The van der Waals surface area contributed by atoms with Crippen LogP contribution in [0.1, 0.15) is 20.3 Å². The minimum Gasteiger partial charge on any atom is -0.474 e. The minimum absolute atomic E-state index is 0.218. The Bertz CT molecular complexity index is 1260. The minimum atomic E-state index is -0.956. The topological polar surface area (TPSA) is 95.5 Å². The summed E-state index contributed by atoms with van der Waals surface area (Å²) < 4.78 is 5.86. The maximum atomic E-state index is 12.1. The van der Waals surface area contributed by atoms with Gasteiger partial charge in [-0.25, -0.2) is 15.0 Å². The van der Waals surface area contributed by atoms with Gasteiger partial charge in [-0.2, -0.15) is 0 Å². The molecule has 0 aliphatic carbocycles. The fourth-order valence-corrected chi connectivity index (χ4v) is 4.96. The van der Waals surface area contributed by atoms with Crippen molar-refractivity contribution < 1.29 is 9.53 Å². The van der Waals surface area contributed by atoms with Crippen molar-refractivity contribution in [2.45, 2.75) is 38.0 Å². The van der Waals surface area contributed by atoms with Crippen LogP contribution in [0.2, 0.25) is 0 Å². The first-order chi connectivity index (χ1) is 16.4. The molecule has 2 bridgehead atoms. The van der Waals surface area contributed by atoms with Crippen LogP contribution in [-0.2, 0) is 4.79 Å². The molecule has 1 amide bonds. The summed E-state index contributed by atoms with van der Waals surface area (Å²) in [4.78, 5) is 30.4. The standard InChI is InChI=1S/C25H27N7O2/c1-25(2)23(33)30-22-21(34-25)10-15(12-27-22)20-8-9-26-24(29-20)28-16-4-6-17(7-5-16)32-14-18-11-19(32)13-31(18)3/h4-10,12,18-19H,11,13-14H2,1-3H3,(H,26,28,29)(H,27,30,33). The summed E-state index contributed by atoms with van der Waals surface area (Å²) in [5.41, 5.74) is 2.72. The number of hydrogen-bond acceptors (Lipinski definition) is 8. The molecular weight excluding hydrogens is 430 g/mol. The molecule has 2 fully saturated rings. The summed E-state index contributed by atoms with van der Waals surface area (Å²) in [5, 5.41) is 6.08. The van der Waals surface area contributed by atoms with Gasteiger partial charge in [0.15, 0.2) is 17.2 Å². The number of amides is 1. The Morgan fingerprint density at radius 2 is 1.94 bits per heavy atom. The van der Waals surface area contributed by atoms with Crippen LogP contribution in [0.5, 0.6) is 5.75 Å². The van der Waals surface area contributed by atoms with Crippen LogP contribution in [0, 0.1) is 0 Å². The van der Waals surface area contributed by atoms with E-state index in [-0.39, 0.29) is 5.91 Å². The van der Waals surface area contributed by atoms with E-state index < -0.39 is 5.60 Å². The molecule has 3 aliphatic rings. The molecule has 0 saturated carbocycles. The zero-order valence-electron chi connectivity index (χ0n) is 19.4. The van der Waals surface area contributed by atoms with Crippen molar-refractivity contribution in [1.29, 1.82) is 0 Å². The molecule has 2 atom stereocenters. The summed E-state index contributed by atoms with van der Waals surface area (Å²) in [7, 11) is 2.22. The number of aromatic nitrogens is 3. The summed E-state index contributed by atoms with van der Waals surface area (Å²) in [5.74, 6) is 1.22. The van der Waals surface area contributed by atoms with E-state index in [9.17, 15) is 4.79 Å². The number of fused-ring (bicyclic) bond motifs is 3. The fraction of sp³-hybridized carbons (Fsp3) is 0.360. The number of nitrogens with zero attached hydrogens (tertiary/aromatic N) is 5. The number of nitrogens with one attached hydrogen (secondary N) is 2. The van der Waals surface area contributed by atoms with Gasteiger partial charge in [-0.3, -0.25) is 9.69 Å². The zero-order chi connectivity index (χ0) is 23.4. The monoisotopic (exact) mass is 457 g/mol. The van der Waals surface area contributed by atoms with Crippen molar-refractivity contribution in [3.63, 3.8) is 0 Å². The fourth-order valence-electron chi connectivity index (χ4n) is 4.96. The van der Waals surface area contributed by atoms with Gasteiger partial charge in [0.05, 0.1) is 5.69 Å². The smallest absolute Gasteiger partial charge is 0.269 e. The molecule has 6 rings (SSSR count). The number of piperazine rings is 1. The van der Waals surface area contributed by atoms with E-state index in [1.165, 1.54) is 12.1 Å². The van der Waals surface area contributed by atoms with E-state index >= 15 is 0 Å². The quantitative estimate of drug-likeness (QED) is 0.616. The van der Waals surface area contributed by atoms with Crippen LogP contribution in [-0.4, -0.2) is 63.6 Å². The lowest BCUT2D eigenvalue weighted by Gasteiger charge is -2.33. The Kier molecular flexibility index (Phi) is 4.70. The first kappa shape index (κ1) is 20.9. The van der Waals surface area contributed by atoms with E-state index in [0.717, 1.165) is 24.3 Å². The Labute approximate surface area is 198 Å². The number of carbonyl (C=O) groups excluding carboxylic acids is 1. The van der Waals surface area contributed by atoms with Crippen LogP contribution in [0.3, 0.4) is 0 Å². The van der Waals surface area contributed by atoms with Crippen molar-refractivity contribution >= 4 is 29.0 Å². The molecular formula is C25H27N7O2. The summed E-state index contributed by atoms with van der Waals surface area (Å²) in [6, 6.07) is 13.4. The van der Waals surface area contributed by atoms with Crippen molar-refractivity contribution in [3.05, 3.63) is 48.8 Å². The molecule has 2 saturated heterocycles. The Morgan fingerprint density at radius 1 is 1.12 bits per heavy atom. The van der Waals surface area contributed by atoms with Crippen molar-refractivity contribution in [2.24, 2.45) is 0 Å². The maximum Gasteiger partial charge on any atom is 0.269 e. The predicted octanol–water partition coefficient (Wildman–Crippen LogP) is 3.28. The molecule has 0 radical (unpaired) electrons. The highest BCUT2D eigenvalue weighted by Crippen LogP contribution is 2.36. The third-order valence-electron chi connectivity index (χ3n) is 6.92. The molecule has 1 aromatic carbocycles. The van der Waals surface area contributed by atoms with E-state index in [2.05, 4.69) is 66.7 Å². The molecule has 2 N–H and O–H groups in total. The third-order valence-corrected chi connectivity index (χ3v) is 6.92. The molecule has 9 nitrogen and oxygen atoms in total. The first-order valence-corrected chi connectivity index (χ1v) is 11.5. The number of benzene rings is 1. The van der Waals surface area contributed by atoms with Crippen LogP contribution in [0.15, 0.2) is 48.8 Å². The van der Waals surface area contributed by atoms with Gasteiger partial charge in [-0.1, -0.05) is 0 Å². The number of carbonyl (C=O) groups is 1. The normalized spacial score (nSPS) is 22.8. The van der Waals surface area contributed by atoms with Gasteiger partial charge in [0.2, 0.25) is 5.95 Å². The van der Waals surface area contributed by atoms with Gasteiger partial charge in [0.25, 0.3) is 5.91 Å². The summed E-state index contributed by atoms with van der Waals surface area (Å²) in [6.45, 7) is 5.68. The van der Waals surface area contributed by atoms with Crippen molar-refractivity contribution in [3.8, 4) is 17.0 Å². The average Bonchev–Trinajstić information content (AvgIpc) is 3.40. The van der Waals surface area contributed by atoms with Crippen LogP contribution >= 0.6 is 0 Å². The molecule has 0 spiro atoms. The van der Waals surface area contributed by atoms with Crippen molar-refractivity contribution in [2.75, 3.05) is 35.7 Å². The van der Waals surface area contributed by atoms with Crippen LogP contribution in [0.4, 0.5) is 23.1 Å². The van der Waals surface area contributed by atoms with Gasteiger partial charge in [0, 0.05) is 54.5 Å². The molecule has 34 heavy (non-hydrogen) atoms. The molecule has 174 valence electrons. The third kappa shape index (κ3) is 3.62. The molecule has 3 aliphatic heterocycles. The molecule has 2 aromatic heterocycles. The van der Waals surface area contributed by atoms with E-state index in [1.54, 1.807) is 26.2 Å². The van der Waals surface area contributed by atoms with Gasteiger partial charge >= 0.3 is 0 Å². The molecule has 5 heterocycles. The second-order valence-electron chi connectivity index (χ2n) is 9.71. The lowest BCUT2D eigenvalue weighted by Crippen LogP contribution is -2.45. The highest BCUT2D eigenvalue weighted by atomic mass is 16.5. The Morgan fingerprint density at radius 3 is 2.68 bits per heavy atom. The SMILES string of the molecule is CN1CC2CC1CN2c1ccc(Nc2nccc(-c3cnc4c(c3)OC(C)(C)C(=O)N4)n2)cc1. The summed E-state index contributed by atoms with van der Waals surface area (Å²) in [6.07, 6.45) is 4.63. The van der Waals surface area contributed by atoms with Gasteiger partial charge in [-0.15, -0.1) is 0 Å². The molecule has 3 aromatic rings. The number of ether oxygens (including phenoxy) is 1. The number of likely N-dealkylation sites (N-methyl/N-ethyl adjacent to an activating group) is 1.